The fourth-order valence-electron chi connectivity index (χ4n) is 1.20. The Morgan fingerprint density at radius 1 is 1.45 bits per heavy atom. The molecular formula is C7H11N3S. The van der Waals surface area contributed by atoms with Crippen LogP contribution in [0.3, 0.4) is 0 Å². The van der Waals surface area contributed by atoms with E-state index in [0.717, 1.165) is 30.5 Å². The van der Waals surface area contributed by atoms with E-state index in [1.165, 1.54) is 4.88 Å². The number of hydrogen-bond acceptors (Lipinski definition) is 4. The van der Waals surface area contributed by atoms with Crippen LogP contribution in [-0.2, 0) is 6.54 Å². The molecule has 4 heteroatoms. The van der Waals surface area contributed by atoms with E-state index in [-0.39, 0.29) is 0 Å². The SMILES string of the molecule is Cc1nc2c(s1)CNCCN2. The molecule has 0 saturated carbocycles. The summed E-state index contributed by atoms with van der Waals surface area (Å²) in [5.41, 5.74) is 0. The molecule has 3 nitrogen and oxygen atoms in total. The summed E-state index contributed by atoms with van der Waals surface area (Å²) in [4.78, 5) is 5.71. The van der Waals surface area contributed by atoms with E-state index in [0.29, 0.717) is 0 Å². The van der Waals surface area contributed by atoms with E-state index in [1.54, 1.807) is 11.3 Å². The lowest BCUT2D eigenvalue weighted by Gasteiger charge is -1.96. The van der Waals surface area contributed by atoms with Gasteiger partial charge in [-0.25, -0.2) is 4.98 Å². The Balaban J connectivity index is 2.32. The third-order valence-corrected chi connectivity index (χ3v) is 2.65. The normalized spacial score (nSPS) is 16.8. The Morgan fingerprint density at radius 3 is 3.27 bits per heavy atom. The largest absolute Gasteiger partial charge is 0.368 e. The summed E-state index contributed by atoms with van der Waals surface area (Å²) >= 11 is 1.77. The molecule has 0 amide bonds. The quantitative estimate of drug-likeness (QED) is 0.607. The number of rotatable bonds is 0. The predicted molar refractivity (Wildman–Crippen MR) is 47.0 cm³/mol. The van der Waals surface area contributed by atoms with Gasteiger partial charge in [-0.15, -0.1) is 11.3 Å². The maximum Gasteiger partial charge on any atom is 0.141 e. The van der Waals surface area contributed by atoms with E-state index in [1.807, 2.05) is 6.92 Å². The van der Waals surface area contributed by atoms with Crippen LogP contribution >= 0.6 is 11.3 Å². The maximum absolute atomic E-state index is 4.38. The van der Waals surface area contributed by atoms with Gasteiger partial charge in [0, 0.05) is 19.6 Å². The minimum atomic E-state index is 0.966. The van der Waals surface area contributed by atoms with Crippen molar-refractivity contribution in [3.8, 4) is 0 Å². The Hall–Kier alpha value is -0.610. The average molecular weight is 169 g/mol. The van der Waals surface area contributed by atoms with Crippen LogP contribution in [0.15, 0.2) is 0 Å². The fourth-order valence-corrected chi connectivity index (χ4v) is 2.08. The first kappa shape index (κ1) is 7.06. The summed E-state index contributed by atoms with van der Waals surface area (Å²) in [5.74, 6) is 1.08. The van der Waals surface area contributed by atoms with Crippen molar-refractivity contribution in [1.82, 2.24) is 10.3 Å². The zero-order valence-corrected chi connectivity index (χ0v) is 7.29. The van der Waals surface area contributed by atoms with E-state index in [2.05, 4.69) is 15.6 Å². The molecule has 0 bridgehead atoms. The molecule has 1 aromatic rings. The highest BCUT2D eigenvalue weighted by molar-refractivity contribution is 7.12. The van der Waals surface area contributed by atoms with Crippen molar-refractivity contribution in [2.24, 2.45) is 0 Å². The number of hydrogen-bond donors (Lipinski definition) is 2. The van der Waals surface area contributed by atoms with E-state index in [4.69, 9.17) is 0 Å². The molecule has 0 atom stereocenters. The first-order valence-electron chi connectivity index (χ1n) is 3.77. The molecule has 2 N–H and O–H groups in total. The zero-order chi connectivity index (χ0) is 7.68. The second kappa shape index (κ2) is 2.79. The molecule has 11 heavy (non-hydrogen) atoms. The van der Waals surface area contributed by atoms with Crippen molar-refractivity contribution in [3.63, 3.8) is 0 Å². The van der Waals surface area contributed by atoms with Crippen LogP contribution in [0.5, 0.6) is 0 Å². The first-order valence-corrected chi connectivity index (χ1v) is 4.59. The predicted octanol–water partition coefficient (Wildman–Crippen LogP) is 0.967. The van der Waals surface area contributed by atoms with E-state index < -0.39 is 0 Å². The smallest absolute Gasteiger partial charge is 0.141 e. The third kappa shape index (κ3) is 1.36. The first-order chi connectivity index (χ1) is 5.36. The number of aryl methyl sites for hydroxylation is 1. The number of anilines is 1. The van der Waals surface area contributed by atoms with Gasteiger partial charge < -0.3 is 10.6 Å². The van der Waals surface area contributed by atoms with Crippen LogP contribution in [0.25, 0.3) is 0 Å². The molecule has 2 heterocycles. The van der Waals surface area contributed by atoms with Crippen molar-refractivity contribution < 1.29 is 0 Å². The number of nitrogens with one attached hydrogen (secondary N) is 2. The minimum absolute atomic E-state index is 0.966. The van der Waals surface area contributed by atoms with Gasteiger partial charge in [0.05, 0.1) is 9.88 Å². The summed E-state index contributed by atoms with van der Waals surface area (Å²) in [5, 5.41) is 7.75. The van der Waals surface area contributed by atoms with Gasteiger partial charge >= 0.3 is 0 Å². The summed E-state index contributed by atoms with van der Waals surface area (Å²) < 4.78 is 0. The standard InChI is InChI=1S/C7H11N3S/c1-5-10-7-6(11-5)4-8-2-3-9-7/h8-9H,2-4H2,1H3. The number of fused-ring (bicyclic) bond motifs is 1. The van der Waals surface area contributed by atoms with Crippen molar-refractivity contribution in [2.45, 2.75) is 13.5 Å². The summed E-state index contributed by atoms with van der Waals surface area (Å²) in [6, 6.07) is 0. The van der Waals surface area contributed by atoms with Crippen LogP contribution < -0.4 is 10.6 Å². The summed E-state index contributed by atoms with van der Waals surface area (Å²) in [7, 11) is 0. The van der Waals surface area contributed by atoms with E-state index >= 15 is 0 Å². The monoisotopic (exact) mass is 169 g/mol. The molecule has 1 aliphatic heterocycles. The Morgan fingerprint density at radius 2 is 2.36 bits per heavy atom. The van der Waals surface area contributed by atoms with Gasteiger partial charge in [-0.1, -0.05) is 0 Å². The van der Waals surface area contributed by atoms with Crippen LogP contribution in [0.2, 0.25) is 0 Å². The van der Waals surface area contributed by atoms with Gasteiger partial charge in [0.25, 0.3) is 0 Å². The van der Waals surface area contributed by atoms with Crippen LogP contribution in [0.1, 0.15) is 9.88 Å². The number of nitrogens with zero attached hydrogens (tertiary/aromatic N) is 1. The van der Waals surface area contributed by atoms with Gasteiger partial charge in [-0.3, -0.25) is 0 Å². The van der Waals surface area contributed by atoms with Crippen molar-refractivity contribution in [2.75, 3.05) is 18.4 Å². The van der Waals surface area contributed by atoms with Crippen LogP contribution in [0.4, 0.5) is 5.82 Å². The Kier molecular flexibility index (Phi) is 1.79. The molecule has 1 aliphatic rings. The molecule has 0 aromatic carbocycles. The fraction of sp³-hybridized carbons (Fsp3) is 0.571. The maximum atomic E-state index is 4.38. The Labute approximate surface area is 69.8 Å². The number of thiazole rings is 1. The molecule has 1 aromatic heterocycles. The lowest BCUT2D eigenvalue weighted by Crippen LogP contribution is -2.17. The topological polar surface area (TPSA) is 37.0 Å². The molecule has 0 saturated heterocycles. The van der Waals surface area contributed by atoms with Crippen LogP contribution in [-0.4, -0.2) is 18.1 Å². The average Bonchev–Trinajstić information content (AvgIpc) is 2.17. The molecule has 60 valence electrons. The summed E-state index contributed by atoms with van der Waals surface area (Å²) in [6.07, 6.45) is 0. The molecular weight excluding hydrogens is 158 g/mol. The lowest BCUT2D eigenvalue weighted by molar-refractivity contribution is 0.731. The second-order valence-electron chi connectivity index (χ2n) is 2.61. The molecule has 0 radical (unpaired) electrons. The molecule has 0 aliphatic carbocycles. The highest BCUT2D eigenvalue weighted by Crippen LogP contribution is 2.22. The van der Waals surface area contributed by atoms with E-state index in [9.17, 15) is 0 Å². The van der Waals surface area contributed by atoms with Crippen molar-refractivity contribution in [1.29, 1.82) is 0 Å². The summed E-state index contributed by atoms with van der Waals surface area (Å²) in [6.45, 7) is 5.02. The number of aromatic nitrogens is 1. The third-order valence-electron chi connectivity index (χ3n) is 1.68. The molecule has 0 fully saturated rings. The molecule has 2 rings (SSSR count). The second-order valence-corrected chi connectivity index (χ2v) is 3.90. The van der Waals surface area contributed by atoms with Gasteiger partial charge in [0.15, 0.2) is 0 Å². The minimum Gasteiger partial charge on any atom is -0.368 e. The van der Waals surface area contributed by atoms with Gasteiger partial charge in [0.1, 0.15) is 5.82 Å². The van der Waals surface area contributed by atoms with Crippen LogP contribution in [0, 0.1) is 6.92 Å². The zero-order valence-electron chi connectivity index (χ0n) is 6.48. The van der Waals surface area contributed by atoms with Crippen molar-refractivity contribution in [3.05, 3.63) is 9.88 Å². The Bertz CT molecular complexity index is 233. The molecule has 0 spiro atoms. The van der Waals surface area contributed by atoms with Crippen molar-refractivity contribution >= 4 is 17.2 Å². The lowest BCUT2D eigenvalue weighted by atomic mass is 10.5. The highest BCUT2D eigenvalue weighted by Gasteiger charge is 2.10. The molecule has 0 unspecified atom stereocenters. The highest BCUT2D eigenvalue weighted by atomic mass is 32.1. The van der Waals surface area contributed by atoms with Gasteiger partial charge in [-0.05, 0) is 6.92 Å². The van der Waals surface area contributed by atoms with Gasteiger partial charge in [-0.2, -0.15) is 0 Å². The van der Waals surface area contributed by atoms with Gasteiger partial charge in [0.2, 0.25) is 0 Å².